The number of aromatic nitrogens is 2. The highest BCUT2D eigenvalue weighted by atomic mass is 32.1. The molecule has 1 heterocycles. The van der Waals surface area contributed by atoms with Crippen molar-refractivity contribution in [1.82, 2.24) is 9.36 Å². The van der Waals surface area contributed by atoms with Crippen LogP contribution in [0.3, 0.4) is 0 Å². The van der Waals surface area contributed by atoms with Crippen LogP contribution in [0.1, 0.15) is 25.6 Å². The molecule has 1 atom stereocenters. The first-order chi connectivity index (χ1) is 7.09. The molecule has 0 aromatic carbocycles. The zero-order valence-electron chi connectivity index (χ0n) is 8.86. The number of aryl methyl sites for hydroxylation is 1. The van der Waals surface area contributed by atoms with Crippen LogP contribution in [-0.4, -0.2) is 27.0 Å². The standard InChI is InChI=1S/C9H15N3O2S/c1-6(8(13)14)4-3-5-10-9-11-7(2)12-15-9/h6H,3-5H2,1-2H3,(H,13,14)(H,10,11,12). The van der Waals surface area contributed by atoms with E-state index >= 15 is 0 Å². The molecule has 0 aliphatic carbocycles. The van der Waals surface area contributed by atoms with Crippen LogP contribution in [0.15, 0.2) is 0 Å². The average molecular weight is 229 g/mol. The van der Waals surface area contributed by atoms with Gasteiger partial charge in [-0.3, -0.25) is 4.79 Å². The van der Waals surface area contributed by atoms with E-state index in [1.54, 1.807) is 6.92 Å². The first-order valence-corrected chi connectivity index (χ1v) is 5.64. The third-order valence-corrected chi connectivity index (χ3v) is 2.80. The number of aliphatic carboxylic acids is 1. The maximum Gasteiger partial charge on any atom is 0.306 e. The normalized spacial score (nSPS) is 12.4. The van der Waals surface area contributed by atoms with Crippen molar-refractivity contribution >= 4 is 22.6 Å². The molecule has 0 amide bonds. The molecule has 5 nitrogen and oxygen atoms in total. The van der Waals surface area contributed by atoms with Crippen LogP contribution in [0.2, 0.25) is 0 Å². The van der Waals surface area contributed by atoms with Crippen molar-refractivity contribution in [2.24, 2.45) is 5.92 Å². The van der Waals surface area contributed by atoms with Crippen molar-refractivity contribution in [2.75, 3.05) is 11.9 Å². The van der Waals surface area contributed by atoms with Crippen LogP contribution >= 0.6 is 11.5 Å². The lowest BCUT2D eigenvalue weighted by molar-refractivity contribution is -0.141. The summed E-state index contributed by atoms with van der Waals surface area (Å²) in [7, 11) is 0. The number of nitrogens with zero attached hydrogens (tertiary/aromatic N) is 2. The molecule has 0 saturated heterocycles. The van der Waals surface area contributed by atoms with Gasteiger partial charge in [-0.05, 0) is 19.8 Å². The van der Waals surface area contributed by atoms with Gasteiger partial charge >= 0.3 is 5.97 Å². The monoisotopic (exact) mass is 229 g/mol. The molecule has 84 valence electrons. The van der Waals surface area contributed by atoms with Crippen molar-refractivity contribution in [3.8, 4) is 0 Å². The van der Waals surface area contributed by atoms with Gasteiger partial charge < -0.3 is 10.4 Å². The van der Waals surface area contributed by atoms with E-state index in [9.17, 15) is 4.79 Å². The van der Waals surface area contributed by atoms with Gasteiger partial charge in [-0.15, -0.1) is 0 Å². The molecule has 15 heavy (non-hydrogen) atoms. The molecule has 0 bridgehead atoms. The van der Waals surface area contributed by atoms with E-state index in [2.05, 4.69) is 14.7 Å². The van der Waals surface area contributed by atoms with Crippen LogP contribution in [0.25, 0.3) is 0 Å². The van der Waals surface area contributed by atoms with Gasteiger partial charge in [0.25, 0.3) is 0 Å². The molecule has 1 aromatic rings. The van der Waals surface area contributed by atoms with E-state index in [0.29, 0.717) is 6.42 Å². The van der Waals surface area contributed by atoms with Gasteiger partial charge in [-0.2, -0.15) is 4.37 Å². The summed E-state index contributed by atoms with van der Waals surface area (Å²) < 4.78 is 4.03. The van der Waals surface area contributed by atoms with Crippen molar-refractivity contribution in [3.05, 3.63) is 5.82 Å². The fourth-order valence-corrected chi connectivity index (χ4v) is 1.69. The minimum absolute atomic E-state index is 0.275. The van der Waals surface area contributed by atoms with E-state index in [1.807, 2.05) is 6.92 Å². The summed E-state index contributed by atoms with van der Waals surface area (Å²) in [5.74, 6) is -0.244. The molecule has 0 fully saturated rings. The zero-order valence-corrected chi connectivity index (χ0v) is 9.67. The second kappa shape index (κ2) is 5.65. The van der Waals surface area contributed by atoms with Gasteiger partial charge in [0.2, 0.25) is 5.13 Å². The predicted molar refractivity (Wildman–Crippen MR) is 59.2 cm³/mol. The Morgan fingerprint density at radius 3 is 2.93 bits per heavy atom. The lowest BCUT2D eigenvalue weighted by Gasteiger charge is -2.05. The van der Waals surface area contributed by atoms with Crippen LogP contribution in [0, 0.1) is 12.8 Å². The van der Waals surface area contributed by atoms with Crippen LogP contribution in [0.5, 0.6) is 0 Å². The number of carboxylic acid groups (broad SMARTS) is 1. The second-order valence-electron chi connectivity index (χ2n) is 3.46. The van der Waals surface area contributed by atoms with Crippen molar-refractivity contribution in [2.45, 2.75) is 26.7 Å². The van der Waals surface area contributed by atoms with Crippen molar-refractivity contribution in [3.63, 3.8) is 0 Å². The summed E-state index contributed by atoms with van der Waals surface area (Å²) in [5, 5.41) is 12.6. The number of carboxylic acids is 1. The Balaban J connectivity index is 2.14. The Bertz CT molecular complexity index is 327. The molecule has 1 rings (SSSR count). The minimum Gasteiger partial charge on any atom is -0.481 e. The molecule has 1 unspecified atom stereocenters. The number of hydrogen-bond acceptors (Lipinski definition) is 5. The maximum absolute atomic E-state index is 10.5. The Morgan fingerprint density at radius 1 is 1.67 bits per heavy atom. The number of hydrogen-bond donors (Lipinski definition) is 2. The number of anilines is 1. The first kappa shape index (κ1) is 11.9. The average Bonchev–Trinajstić information content (AvgIpc) is 2.58. The van der Waals surface area contributed by atoms with Crippen molar-refractivity contribution in [1.29, 1.82) is 0 Å². The predicted octanol–water partition coefficient (Wildman–Crippen LogP) is 1.76. The summed E-state index contributed by atoms with van der Waals surface area (Å²) in [4.78, 5) is 14.7. The highest BCUT2D eigenvalue weighted by Gasteiger charge is 2.09. The first-order valence-electron chi connectivity index (χ1n) is 4.86. The number of carbonyl (C=O) groups is 1. The summed E-state index contributed by atoms with van der Waals surface area (Å²) in [6.07, 6.45) is 1.51. The molecular weight excluding hydrogens is 214 g/mol. The molecule has 0 saturated carbocycles. The van der Waals surface area contributed by atoms with E-state index in [0.717, 1.165) is 23.9 Å². The summed E-state index contributed by atoms with van der Waals surface area (Å²) in [6, 6.07) is 0. The number of nitrogens with one attached hydrogen (secondary N) is 1. The highest BCUT2D eigenvalue weighted by molar-refractivity contribution is 7.09. The molecule has 0 spiro atoms. The lowest BCUT2D eigenvalue weighted by atomic mass is 10.1. The Hall–Kier alpha value is -1.17. The van der Waals surface area contributed by atoms with Gasteiger partial charge in [-0.1, -0.05) is 6.92 Å². The Morgan fingerprint density at radius 2 is 2.40 bits per heavy atom. The van der Waals surface area contributed by atoms with Crippen LogP contribution in [0.4, 0.5) is 5.13 Å². The highest BCUT2D eigenvalue weighted by Crippen LogP contribution is 2.11. The molecule has 0 radical (unpaired) electrons. The quantitative estimate of drug-likeness (QED) is 0.727. The molecule has 0 aliphatic heterocycles. The van der Waals surface area contributed by atoms with Gasteiger partial charge in [-0.25, -0.2) is 4.98 Å². The van der Waals surface area contributed by atoms with E-state index in [1.165, 1.54) is 11.5 Å². The largest absolute Gasteiger partial charge is 0.481 e. The molecule has 1 aromatic heterocycles. The molecular formula is C9H15N3O2S. The summed E-state index contributed by atoms with van der Waals surface area (Å²) in [6.45, 7) is 4.30. The van der Waals surface area contributed by atoms with Gasteiger partial charge in [0, 0.05) is 18.1 Å². The fraction of sp³-hybridized carbons (Fsp3) is 0.667. The maximum atomic E-state index is 10.5. The third-order valence-electron chi connectivity index (χ3n) is 2.04. The Labute approximate surface area is 92.7 Å². The van der Waals surface area contributed by atoms with Gasteiger partial charge in [0.1, 0.15) is 5.82 Å². The topological polar surface area (TPSA) is 75.1 Å². The lowest BCUT2D eigenvalue weighted by Crippen LogP contribution is -2.11. The van der Waals surface area contributed by atoms with E-state index in [-0.39, 0.29) is 5.92 Å². The van der Waals surface area contributed by atoms with E-state index < -0.39 is 5.97 Å². The Kier molecular flexibility index (Phi) is 4.48. The van der Waals surface area contributed by atoms with Crippen LogP contribution < -0.4 is 5.32 Å². The smallest absolute Gasteiger partial charge is 0.306 e. The van der Waals surface area contributed by atoms with E-state index in [4.69, 9.17) is 5.11 Å². The molecule has 0 aliphatic rings. The molecule has 2 N–H and O–H groups in total. The minimum atomic E-state index is -0.734. The number of rotatable bonds is 6. The summed E-state index contributed by atoms with van der Waals surface area (Å²) in [5.41, 5.74) is 0. The zero-order chi connectivity index (χ0) is 11.3. The third kappa shape index (κ3) is 4.24. The molecule has 6 heteroatoms. The second-order valence-corrected chi connectivity index (χ2v) is 4.21. The van der Waals surface area contributed by atoms with Crippen molar-refractivity contribution < 1.29 is 9.90 Å². The SMILES string of the molecule is Cc1nsc(NCCCC(C)C(=O)O)n1. The van der Waals surface area contributed by atoms with Crippen LogP contribution in [-0.2, 0) is 4.79 Å². The van der Waals surface area contributed by atoms with Gasteiger partial charge in [0.15, 0.2) is 0 Å². The van der Waals surface area contributed by atoms with Gasteiger partial charge in [0.05, 0.1) is 5.92 Å². The fourth-order valence-electron chi connectivity index (χ4n) is 1.10. The summed E-state index contributed by atoms with van der Waals surface area (Å²) >= 11 is 1.33.